The van der Waals surface area contributed by atoms with E-state index in [4.69, 9.17) is 49.7 Å². The highest BCUT2D eigenvalue weighted by molar-refractivity contribution is 7.80. The van der Waals surface area contributed by atoms with E-state index in [1.54, 1.807) is 6.92 Å². The van der Waals surface area contributed by atoms with Crippen LogP contribution in [0.2, 0.25) is 0 Å². The summed E-state index contributed by atoms with van der Waals surface area (Å²) < 4.78 is 11.3. The smallest absolute Gasteiger partial charge is 0.376 e. The molecule has 2 aliphatic heterocycles. The lowest BCUT2D eigenvalue weighted by molar-refractivity contribution is -0.260. The minimum Gasteiger partial charge on any atom is -0.448 e. The monoisotopic (exact) mass is 548 g/mol. The molecule has 2 aromatic rings. The first-order valence-corrected chi connectivity index (χ1v) is 12.2. The molecule has 188 valence electrons. The van der Waals surface area contributed by atoms with Crippen molar-refractivity contribution in [2.45, 2.75) is 37.6 Å². The molecule has 0 spiro atoms. The van der Waals surface area contributed by atoms with E-state index in [2.05, 4.69) is 0 Å². The van der Waals surface area contributed by atoms with Crippen molar-refractivity contribution in [1.82, 2.24) is 9.96 Å². The first-order valence-electron chi connectivity index (χ1n) is 11.0. The SMILES string of the molecule is CC(=S)N(C=C(Cl)Cl)[C@H]1CON(C2(C(=O)OC(c3ccccc3)c3ccccc3)CCC(=O)O2)C1=O. The van der Waals surface area contributed by atoms with Gasteiger partial charge in [0.25, 0.3) is 5.91 Å². The fraction of sp³-hybridized carbons (Fsp3) is 0.280. The average Bonchev–Trinajstić information content (AvgIpc) is 3.45. The van der Waals surface area contributed by atoms with Crippen LogP contribution in [0.15, 0.2) is 71.4 Å². The molecule has 0 aromatic heterocycles. The van der Waals surface area contributed by atoms with Gasteiger partial charge in [0.2, 0.25) is 0 Å². The highest BCUT2D eigenvalue weighted by Gasteiger charge is 2.60. The maximum Gasteiger partial charge on any atom is 0.376 e. The zero-order valence-corrected chi connectivity index (χ0v) is 21.5. The molecule has 4 rings (SSSR count). The van der Waals surface area contributed by atoms with E-state index >= 15 is 0 Å². The Bertz CT molecular complexity index is 1150. The lowest BCUT2D eigenvalue weighted by Gasteiger charge is -2.34. The van der Waals surface area contributed by atoms with Gasteiger partial charge in [-0.05, 0) is 18.1 Å². The van der Waals surface area contributed by atoms with E-state index in [1.165, 1.54) is 11.1 Å². The number of carbonyl (C=O) groups excluding carboxylic acids is 3. The predicted molar refractivity (Wildman–Crippen MR) is 135 cm³/mol. The van der Waals surface area contributed by atoms with Crippen molar-refractivity contribution < 1.29 is 28.7 Å². The summed E-state index contributed by atoms with van der Waals surface area (Å²) in [4.78, 5) is 46.7. The number of carbonyl (C=O) groups is 3. The normalized spacial score (nSPS) is 21.3. The molecule has 0 N–H and O–H groups in total. The first-order chi connectivity index (χ1) is 17.2. The lowest BCUT2D eigenvalue weighted by atomic mass is 10.0. The van der Waals surface area contributed by atoms with Gasteiger partial charge in [0.15, 0.2) is 6.10 Å². The summed E-state index contributed by atoms with van der Waals surface area (Å²) in [5, 5.41) is 0.777. The largest absolute Gasteiger partial charge is 0.448 e. The summed E-state index contributed by atoms with van der Waals surface area (Å²) in [7, 11) is 0. The number of nitrogens with zero attached hydrogens (tertiary/aromatic N) is 2. The van der Waals surface area contributed by atoms with Gasteiger partial charge in [0.1, 0.15) is 17.1 Å². The Morgan fingerprint density at radius 1 is 1.14 bits per heavy atom. The van der Waals surface area contributed by atoms with Crippen molar-refractivity contribution in [3.05, 3.63) is 82.5 Å². The third-order valence-corrected chi connectivity index (χ3v) is 6.22. The van der Waals surface area contributed by atoms with Gasteiger partial charge < -0.3 is 14.4 Å². The summed E-state index contributed by atoms with van der Waals surface area (Å²) >= 11 is 16.8. The number of hydrogen-bond donors (Lipinski definition) is 0. The highest BCUT2D eigenvalue weighted by atomic mass is 35.5. The van der Waals surface area contributed by atoms with Gasteiger partial charge in [-0.15, -0.1) is 0 Å². The van der Waals surface area contributed by atoms with E-state index in [0.717, 1.165) is 5.06 Å². The minimum absolute atomic E-state index is 0.0996. The quantitative estimate of drug-likeness (QED) is 0.371. The molecule has 2 aliphatic rings. The van der Waals surface area contributed by atoms with E-state index in [0.29, 0.717) is 16.1 Å². The van der Waals surface area contributed by atoms with Gasteiger partial charge in [0, 0.05) is 12.6 Å². The molecule has 0 saturated carbocycles. The van der Waals surface area contributed by atoms with Gasteiger partial charge in [0.05, 0.1) is 11.4 Å². The van der Waals surface area contributed by atoms with Crippen LogP contribution in [-0.4, -0.2) is 51.2 Å². The van der Waals surface area contributed by atoms with Crippen LogP contribution in [0.25, 0.3) is 0 Å². The van der Waals surface area contributed by atoms with Crippen LogP contribution >= 0.6 is 35.4 Å². The number of esters is 2. The Morgan fingerprint density at radius 3 is 2.19 bits per heavy atom. The van der Waals surface area contributed by atoms with Gasteiger partial charge >= 0.3 is 17.7 Å². The van der Waals surface area contributed by atoms with Crippen molar-refractivity contribution in [2.24, 2.45) is 0 Å². The van der Waals surface area contributed by atoms with Crippen molar-refractivity contribution in [1.29, 1.82) is 0 Å². The van der Waals surface area contributed by atoms with Crippen molar-refractivity contribution in [3.8, 4) is 0 Å². The van der Waals surface area contributed by atoms with Gasteiger partial charge in [-0.3, -0.25) is 14.4 Å². The summed E-state index contributed by atoms with van der Waals surface area (Å²) in [5.74, 6) is -2.25. The van der Waals surface area contributed by atoms with Crippen molar-refractivity contribution in [3.63, 3.8) is 0 Å². The zero-order valence-electron chi connectivity index (χ0n) is 19.1. The number of ether oxygens (including phenoxy) is 2. The molecule has 2 atom stereocenters. The van der Waals surface area contributed by atoms with Crippen LogP contribution in [-0.2, 0) is 28.7 Å². The van der Waals surface area contributed by atoms with Crippen LogP contribution in [0.1, 0.15) is 37.0 Å². The average molecular weight is 549 g/mol. The fourth-order valence-corrected chi connectivity index (χ4v) is 4.51. The van der Waals surface area contributed by atoms with Crippen LogP contribution in [0.4, 0.5) is 0 Å². The Balaban J connectivity index is 1.67. The number of cyclic esters (lactones) is 1. The van der Waals surface area contributed by atoms with E-state index in [1.807, 2.05) is 60.7 Å². The molecule has 0 radical (unpaired) electrons. The predicted octanol–water partition coefficient (Wildman–Crippen LogP) is 4.42. The molecular weight excluding hydrogens is 527 g/mol. The van der Waals surface area contributed by atoms with Gasteiger partial charge in [-0.1, -0.05) is 96.1 Å². The molecule has 2 aromatic carbocycles. The molecule has 1 unspecified atom stereocenters. The summed E-state index contributed by atoms with van der Waals surface area (Å²) in [6, 6.07) is 17.2. The third-order valence-electron chi connectivity index (χ3n) is 5.81. The Hall–Kier alpha value is -2.98. The van der Waals surface area contributed by atoms with Gasteiger partial charge in [-0.2, -0.15) is 5.06 Å². The number of halogens is 2. The summed E-state index contributed by atoms with van der Waals surface area (Å²) in [5.41, 5.74) is -0.694. The van der Waals surface area contributed by atoms with Crippen LogP contribution < -0.4 is 0 Å². The van der Waals surface area contributed by atoms with Crippen LogP contribution in [0.3, 0.4) is 0 Å². The standard InChI is InChI=1S/C25H22Cl2N2O6S/c1-16(36)28(14-20(26)27)19-15-33-29(23(19)31)25(13-12-21(30)35-25)24(32)34-22(17-8-4-2-5-9-17)18-10-6-3-7-11-18/h2-11,14,19,22H,12-13,15H2,1H3/t19-,25?/m0/s1. The number of rotatable bonds is 7. The Kier molecular flexibility index (Phi) is 7.94. The third kappa shape index (κ3) is 5.24. The second-order valence-corrected chi connectivity index (χ2v) is 9.75. The van der Waals surface area contributed by atoms with E-state index < -0.39 is 35.7 Å². The minimum atomic E-state index is -2.10. The number of benzene rings is 2. The van der Waals surface area contributed by atoms with Crippen LogP contribution in [0.5, 0.6) is 0 Å². The van der Waals surface area contributed by atoms with Crippen molar-refractivity contribution >= 4 is 58.3 Å². The first kappa shape index (κ1) is 26.1. The highest BCUT2D eigenvalue weighted by Crippen LogP contribution is 2.38. The maximum atomic E-state index is 13.7. The number of amides is 1. The van der Waals surface area contributed by atoms with Crippen LogP contribution in [0, 0.1) is 0 Å². The van der Waals surface area contributed by atoms with Crippen molar-refractivity contribution in [2.75, 3.05) is 6.61 Å². The lowest BCUT2D eigenvalue weighted by Crippen LogP contribution is -2.57. The zero-order chi connectivity index (χ0) is 25.9. The molecular formula is C25H22Cl2N2O6S. The number of hydrogen-bond acceptors (Lipinski definition) is 7. The maximum absolute atomic E-state index is 13.7. The molecule has 36 heavy (non-hydrogen) atoms. The second kappa shape index (κ2) is 11.0. The Labute approximate surface area is 223 Å². The second-order valence-electron chi connectivity index (χ2n) is 8.15. The van der Waals surface area contributed by atoms with Gasteiger partial charge in [-0.25, -0.2) is 4.79 Å². The molecule has 2 heterocycles. The molecule has 0 aliphatic carbocycles. The topological polar surface area (TPSA) is 85.4 Å². The number of hydroxylamine groups is 2. The molecule has 1 amide bonds. The molecule has 11 heteroatoms. The fourth-order valence-electron chi connectivity index (χ4n) is 4.12. The molecule has 2 fully saturated rings. The van der Waals surface area contributed by atoms with E-state index in [9.17, 15) is 14.4 Å². The number of thiocarbonyl (C=S) groups is 1. The summed E-state index contributed by atoms with van der Waals surface area (Å²) in [6.45, 7) is 1.40. The molecule has 2 saturated heterocycles. The summed E-state index contributed by atoms with van der Waals surface area (Å²) in [6.07, 6.45) is 0.231. The molecule has 8 nitrogen and oxygen atoms in total. The Morgan fingerprint density at radius 2 is 1.72 bits per heavy atom. The molecule has 0 bridgehead atoms. The van der Waals surface area contributed by atoms with E-state index in [-0.39, 0.29) is 23.9 Å².